The quantitative estimate of drug-likeness (QED) is 0.790. The number of fused-ring (bicyclic) bond motifs is 1. The number of halogens is 2. The molecule has 0 radical (unpaired) electrons. The van der Waals surface area contributed by atoms with E-state index in [4.69, 9.17) is 9.72 Å². The van der Waals surface area contributed by atoms with E-state index in [0.29, 0.717) is 13.2 Å². The summed E-state index contributed by atoms with van der Waals surface area (Å²) in [5.74, 6) is -1.99. The largest absolute Gasteiger partial charge is 0.492 e. The Balaban J connectivity index is 1.44. The summed E-state index contributed by atoms with van der Waals surface area (Å²) in [6, 6.07) is 5.89. The van der Waals surface area contributed by atoms with Gasteiger partial charge in [-0.2, -0.15) is 0 Å². The highest BCUT2D eigenvalue weighted by Crippen LogP contribution is 2.37. The van der Waals surface area contributed by atoms with Crippen LogP contribution < -0.4 is 9.64 Å². The van der Waals surface area contributed by atoms with Gasteiger partial charge in [-0.1, -0.05) is 17.4 Å². The first-order chi connectivity index (χ1) is 13.0. The second-order valence-electron chi connectivity index (χ2n) is 7.15. The first kappa shape index (κ1) is 18.4. The number of alkyl halides is 2. The number of anilines is 1. The van der Waals surface area contributed by atoms with Gasteiger partial charge in [-0.3, -0.25) is 4.79 Å². The van der Waals surface area contributed by atoms with Crippen molar-refractivity contribution in [3.63, 3.8) is 0 Å². The minimum absolute atomic E-state index is 0.00381. The lowest BCUT2D eigenvalue weighted by Crippen LogP contribution is -2.45. The number of amides is 1. The van der Waals surface area contributed by atoms with E-state index in [2.05, 4.69) is 4.90 Å². The Morgan fingerprint density at radius 3 is 2.85 bits per heavy atom. The van der Waals surface area contributed by atoms with Crippen LogP contribution in [0.3, 0.4) is 0 Å². The zero-order valence-electron chi connectivity index (χ0n) is 15.3. The van der Waals surface area contributed by atoms with Crippen molar-refractivity contribution >= 4 is 32.6 Å². The van der Waals surface area contributed by atoms with Gasteiger partial charge in [0.1, 0.15) is 11.3 Å². The molecule has 1 amide bonds. The van der Waals surface area contributed by atoms with E-state index in [1.165, 1.54) is 0 Å². The Bertz CT molecular complexity index is 831. The monoisotopic (exact) mass is 395 g/mol. The molecule has 5 nitrogen and oxygen atoms in total. The lowest BCUT2D eigenvalue weighted by atomic mass is 10.0. The molecule has 8 heteroatoms. The molecule has 146 valence electrons. The van der Waals surface area contributed by atoms with Gasteiger partial charge in [-0.25, -0.2) is 13.8 Å². The third kappa shape index (κ3) is 3.72. The van der Waals surface area contributed by atoms with E-state index in [9.17, 15) is 13.6 Å². The molecule has 2 saturated heterocycles. The zero-order valence-corrected chi connectivity index (χ0v) is 16.1. The number of rotatable bonds is 4. The second kappa shape index (κ2) is 7.22. The van der Waals surface area contributed by atoms with Gasteiger partial charge >= 0.3 is 0 Å². The third-order valence-corrected chi connectivity index (χ3v) is 6.37. The number of carbonyl (C=O) groups is 1. The Hall–Kier alpha value is -1.96. The normalized spacial score (nSPS) is 22.4. The standard InChI is InChI=1S/C19H23F2N3O2S/c1-2-26-14-4-3-5-15-16(14)22-18(27-15)24-9-6-13(12-24)17(25)23-10-7-19(20,21)8-11-23/h3-5,13H,2,6-12H2,1H3. The topological polar surface area (TPSA) is 45.7 Å². The lowest BCUT2D eigenvalue weighted by molar-refractivity contribution is -0.140. The number of hydrogen-bond acceptors (Lipinski definition) is 5. The smallest absolute Gasteiger partial charge is 0.251 e. The highest BCUT2D eigenvalue weighted by Gasteiger charge is 2.39. The molecule has 1 aromatic carbocycles. The van der Waals surface area contributed by atoms with Crippen molar-refractivity contribution in [1.82, 2.24) is 9.88 Å². The molecule has 0 aliphatic carbocycles. The van der Waals surface area contributed by atoms with Crippen LogP contribution in [-0.4, -0.2) is 54.5 Å². The Kier molecular flexibility index (Phi) is 4.92. The van der Waals surface area contributed by atoms with Gasteiger partial charge in [0, 0.05) is 39.0 Å². The van der Waals surface area contributed by atoms with Gasteiger partial charge in [0.15, 0.2) is 5.13 Å². The number of hydrogen-bond donors (Lipinski definition) is 0. The summed E-state index contributed by atoms with van der Waals surface area (Å²) in [4.78, 5) is 21.2. The van der Waals surface area contributed by atoms with Crippen LogP contribution in [0.4, 0.5) is 13.9 Å². The van der Waals surface area contributed by atoms with Crippen LogP contribution in [-0.2, 0) is 4.79 Å². The van der Waals surface area contributed by atoms with Gasteiger partial charge in [-0.15, -0.1) is 0 Å². The van der Waals surface area contributed by atoms with Crippen molar-refractivity contribution < 1.29 is 18.3 Å². The first-order valence-electron chi connectivity index (χ1n) is 9.41. The van der Waals surface area contributed by atoms with Gasteiger partial charge in [-0.05, 0) is 25.5 Å². The summed E-state index contributed by atoms with van der Waals surface area (Å²) in [6.07, 6.45) is 0.278. The van der Waals surface area contributed by atoms with Gasteiger partial charge in [0.25, 0.3) is 5.92 Å². The SMILES string of the molecule is CCOc1cccc2sc(N3CCC(C(=O)N4CCC(F)(F)CC4)C3)nc12. The predicted molar refractivity (Wildman–Crippen MR) is 102 cm³/mol. The molecule has 2 fully saturated rings. The van der Waals surface area contributed by atoms with E-state index < -0.39 is 5.92 Å². The first-order valence-corrected chi connectivity index (χ1v) is 10.2. The van der Waals surface area contributed by atoms with E-state index in [-0.39, 0.29) is 37.8 Å². The molecule has 4 rings (SSSR count). The van der Waals surface area contributed by atoms with Gasteiger partial charge < -0.3 is 14.5 Å². The van der Waals surface area contributed by atoms with Crippen molar-refractivity contribution in [2.75, 3.05) is 37.7 Å². The number of likely N-dealkylation sites (tertiary alicyclic amines) is 1. The molecule has 3 heterocycles. The van der Waals surface area contributed by atoms with E-state index in [1.807, 2.05) is 25.1 Å². The van der Waals surface area contributed by atoms with Crippen molar-refractivity contribution in [2.24, 2.45) is 5.92 Å². The number of para-hydroxylation sites is 1. The summed E-state index contributed by atoms with van der Waals surface area (Å²) in [7, 11) is 0. The molecule has 1 aromatic heterocycles. The van der Waals surface area contributed by atoms with Gasteiger partial charge in [0.05, 0.1) is 17.2 Å². The van der Waals surface area contributed by atoms with Gasteiger partial charge in [0.2, 0.25) is 5.91 Å². The molecule has 0 saturated carbocycles. The Labute approximate surface area is 160 Å². The Morgan fingerprint density at radius 2 is 2.11 bits per heavy atom. The highest BCUT2D eigenvalue weighted by atomic mass is 32.1. The fourth-order valence-electron chi connectivity index (χ4n) is 3.77. The summed E-state index contributed by atoms with van der Waals surface area (Å²) < 4.78 is 33.4. The van der Waals surface area contributed by atoms with Crippen LogP contribution in [0.2, 0.25) is 0 Å². The van der Waals surface area contributed by atoms with Crippen molar-refractivity contribution in [3.8, 4) is 5.75 Å². The van der Waals surface area contributed by atoms with Crippen molar-refractivity contribution in [1.29, 1.82) is 0 Å². The minimum atomic E-state index is -2.63. The molecule has 1 unspecified atom stereocenters. The number of nitrogens with zero attached hydrogens (tertiary/aromatic N) is 3. The maximum absolute atomic E-state index is 13.3. The second-order valence-corrected chi connectivity index (χ2v) is 8.15. The molecule has 2 aliphatic rings. The fraction of sp³-hybridized carbons (Fsp3) is 0.579. The summed E-state index contributed by atoms with van der Waals surface area (Å²) >= 11 is 1.59. The number of ether oxygens (including phenoxy) is 1. The number of carbonyl (C=O) groups excluding carboxylic acids is 1. The molecule has 1 atom stereocenters. The average molecular weight is 395 g/mol. The maximum Gasteiger partial charge on any atom is 0.251 e. The summed E-state index contributed by atoms with van der Waals surface area (Å²) in [5, 5.41) is 0.887. The van der Waals surface area contributed by atoms with E-state index in [0.717, 1.165) is 34.1 Å². The van der Waals surface area contributed by atoms with Crippen molar-refractivity contribution in [3.05, 3.63) is 18.2 Å². The minimum Gasteiger partial charge on any atom is -0.492 e. The number of benzene rings is 1. The van der Waals surface area contributed by atoms with Crippen LogP contribution in [0.15, 0.2) is 18.2 Å². The van der Waals surface area contributed by atoms with E-state index >= 15 is 0 Å². The predicted octanol–water partition coefficient (Wildman–Crippen LogP) is 3.78. The van der Waals surface area contributed by atoms with Crippen LogP contribution in [0, 0.1) is 5.92 Å². The maximum atomic E-state index is 13.3. The van der Waals surface area contributed by atoms with Crippen LogP contribution in [0.5, 0.6) is 5.75 Å². The van der Waals surface area contributed by atoms with Crippen LogP contribution >= 0.6 is 11.3 Å². The van der Waals surface area contributed by atoms with Crippen LogP contribution in [0.25, 0.3) is 10.2 Å². The number of aromatic nitrogens is 1. The molecule has 2 aliphatic heterocycles. The number of thiazole rings is 1. The average Bonchev–Trinajstić information content (AvgIpc) is 3.29. The molecule has 0 bridgehead atoms. The molecule has 27 heavy (non-hydrogen) atoms. The van der Waals surface area contributed by atoms with E-state index in [1.54, 1.807) is 16.2 Å². The number of piperidine rings is 1. The molecular formula is C19H23F2N3O2S. The highest BCUT2D eigenvalue weighted by molar-refractivity contribution is 7.22. The zero-order chi connectivity index (χ0) is 19.0. The Morgan fingerprint density at radius 1 is 1.33 bits per heavy atom. The summed E-state index contributed by atoms with van der Waals surface area (Å²) in [6.45, 7) is 4.18. The molecular weight excluding hydrogens is 372 g/mol. The molecule has 0 N–H and O–H groups in total. The fourth-order valence-corrected chi connectivity index (χ4v) is 4.78. The summed E-state index contributed by atoms with van der Waals surface area (Å²) in [5.41, 5.74) is 0.854. The van der Waals surface area contributed by atoms with Crippen molar-refractivity contribution in [2.45, 2.75) is 32.1 Å². The molecule has 0 spiro atoms. The molecule has 2 aromatic rings. The lowest BCUT2D eigenvalue weighted by Gasteiger charge is -2.33. The van der Waals surface area contributed by atoms with Crippen LogP contribution in [0.1, 0.15) is 26.2 Å². The third-order valence-electron chi connectivity index (χ3n) is 5.29.